The smallest absolute Gasteiger partial charge is 0.152 e. The molecule has 1 saturated carbocycles. The molecule has 0 radical (unpaired) electrons. The van der Waals surface area contributed by atoms with Gasteiger partial charge in [-0.3, -0.25) is 0 Å². The lowest BCUT2D eigenvalue weighted by atomic mass is 10.1. The first-order valence-electron chi connectivity index (χ1n) is 5.24. The second-order valence-corrected chi connectivity index (χ2v) is 7.20. The van der Waals surface area contributed by atoms with E-state index in [9.17, 15) is 8.42 Å². The largest absolute Gasteiger partial charge is 0.329 e. The molecule has 1 aromatic carbocycles. The van der Waals surface area contributed by atoms with Gasteiger partial charge in [-0.1, -0.05) is 23.7 Å². The number of benzene rings is 1. The number of halogens is 1. The fourth-order valence-electron chi connectivity index (χ4n) is 2.50. The van der Waals surface area contributed by atoms with Gasteiger partial charge in [0.15, 0.2) is 9.84 Å². The Labute approximate surface area is 106 Å². The van der Waals surface area contributed by atoms with E-state index in [0.29, 0.717) is 5.02 Å². The molecule has 0 unspecified atom stereocenters. The summed E-state index contributed by atoms with van der Waals surface area (Å²) in [7, 11) is -3.21. The molecule has 0 bridgehead atoms. The second-order valence-electron chi connectivity index (χ2n) is 4.60. The van der Waals surface area contributed by atoms with E-state index in [-0.39, 0.29) is 12.5 Å². The van der Waals surface area contributed by atoms with E-state index in [1.165, 1.54) is 6.26 Å². The predicted molar refractivity (Wildman–Crippen MR) is 68.8 cm³/mol. The molecule has 3 atom stereocenters. The van der Waals surface area contributed by atoms with E-state index < -0.39 is 20.6 Å². The Morgan fingerprint density at radius 1 is 1.47 bits per heavy atom. The van der Waals surface area contributed by atoms with Gasteiger partial charge in [0.05, 0.1) is 10.8 Å². The maximum atomic E-state index is 11.7. The molecule has 0 aromatic heterocycles. The average Bonchev–Trinajstić information content (AvgIpc) is 2.86. The van der Waals surface area contributed by atoms with Crippen LogP contribution in [0.5, 0.6) is 0 Å². The molecule has 4 N–H and O–H groups in total. The molecule has 1 aliphatic carbocycles. The van der Waals surface area contributed by atoms with E-state index >= 15 is 0 Å². The van der Waals surface area contributed by atoms with Crippen molar-refractivity contribution in [3.63, 3.8) is 0 Å². The third-order valence-electron chi connectivity index (χ3n) is 3.32. The van der Waals surface area contributed by atoms with Gasteiger partial charge in [0, 0.05) is 23.7 Å². The highest BCUT2D eigenvalue weighted by Crippen LogP contribution is 2.53. The maximum Gasteiger partial charge on any atom is 0.152 e. The Morgan fingerprint density at radius 3 is 2.53 bits per heavy atom. The van der Waals surface area contributed by atoms with Crippen LogP contribution in [0.15, 0.2) is 24.3 Å². The van der Waals surface area contributed by atoms with Gasteiger partial charge in [-0.05, 0) is 17.7 Å². The van der Waals surface area contributed by atoms with Crippen molar-refractivity contribution in [1.29, 1.82) is 0 Å². The van der Waals surface area contributed by atoms with Gasteiger partial charge in [0.1, 0.15) is 0 Å². The fraction of sp³-hybridized carbons (Fsp3) is 0.455. The average molecular weight is 275 g/mol. The zero-order valence-electron chi connectivity index (χ0n) is 9.43. The van der Waals surface area contributed by atoms with E-state index in [1.807, 2.05) is 6.07 Å². The van der Waals surface area contributed by atoms with Crippen molar-refractivity contribution in [3.05, 3.63) is 34.9 Å². The lowest BCUT2D eigenvalue weighted by molar-refractivity contribution is 0.591. The summed E-state index contributed by atoms with van der Waals surface area (Å²) in [5.41, 5.74) is 11.6. The van der Waals surface area contributed by atoms with Crippen LogP contribution in [-0.4, -0.2) is 32.0 Å². The molecule has 4 nitrogen and oxygen atoms in total. The van der Waals surface area contributed by atoms with Crippen LogP contribution in [0.4, 0.5) is 0 Å². The first-order chi connectivity index (χ1) is 7.80. The monoisotopic (exact) mass is 274 g/mol. The molecule has 0 saturated heterocycles. The molecule has 94 valence electrons. The molecule has 17 heavy (non-hydrogen) atoms. The maximum absolute atomic E-state index is 11.7. The topological polar surface area (TPSA) is 86.2 Å². The summed E-state index contributed by atoms with van der Waals surface area (Å²) in [5, 5.41) is -0.0421. The van der Waals surface area contributed by atoms with Gasteiger partial charge in [0.25, 0.3) is 0 Å². The van der Waals surface area contributed by atoms with Crippen LogP contribution in [0.25, 0.3) is 0 Å². The number of hydrogen-bond acceptors (Lipinski definition) is 4. The number of hydrogen-bond donors (Lipinski definition) is 2. The molecule has 0 amide bonds. The summed E-state index contributed by atoms with van der Waals surface area (Å²) < 4.78 is 23.3. The van der Waals surface area contributed by atoms with Crippen molar-refractivity contribution >= 4 is 21.4 Å². The van der Waals surface area contributed by atoms with Crippen molar-refractivity contribution in [2.45, 2.75) is 16.7 Å². The van der Waals surface area contributed by atoms with E-state index in [0.717, 1.165) is 5.56 Å². The minimum absolute atomic E-state index is 0.141. The van der Waals surface area contributed by atoms with Gasteiger partial charge in [-0.2, -0.15) is 0 Å². The highest BCUT2D eigenvalue weighted by molar-refractivity contribution is 7.91. The van der Waals surface area contributed by atoms with Crippen LogP contribution in [0, 0.1) is 0 Å². The third kappa shape index (κ3) is 2.08. The van der Waals surface area contributed by atoms with Gasteiger partial charge in [0.2, 0.25) is 0 Å². The predicted octanol–water partition coefficient (Wildman–Crippen LogP) is 0.507. The number of rotatable bonds is 3. The standard InChI is InChI=1S/C11H15ClN2O2S/c1-17(15,16)10-9(11(10,14)6-13)7-3-2-4-8(12)5-7/h2-5,9-10H,6,13-14H2,1H3/t9-,10+,11+/m0/s1. The van der Waals surface area contributed by atoms with Crippen molar-refractivity contribution in [2.75, 3.05) is 12.8 Å². The molecular weight excluding hydrogens is 260 g/mol. The summed E-state index contributed by atoms with van der Waals surface area (Å²) in [5.74, 6) is -0.263. The van der Waals surface area contributed by atoms with Crippen LogP contribution >= 0.6 is 11.6 Å². The normalized spacial score (nSPS) is 32.5. The van der Waals surface area contributed by atoms with Crippen molar-refractivity contribution in [2.24, 2.45) is 11.5 Å². The molecule has 1 fully saturated rings. The zero-order valence-corrected chi connectivity index (χ0v) is 11.0. The van der Waals surface area contributed by atoms with Crippen molar-refractivity contribution in [1.82, 2.24) is 0 Å². The van der Waals surface area contributed by atoms with Crippen LogP contribution in [0.3, 0.4) is 0 Å². The van der Waals surface area contributed by atoms with Crippen LogP contribution in [-0.2, 0) is 9.84 Å². The Kier molecular flexibility index (Phi) is 2.98. The summed E-state index contributed by atoms with van der Waals surface area (Å²) in [6, 6.07) is 7.10. The minimum atomic E-state index is -3.21. The fourth-order valence-corrected chi connectivity index (χ4v) is 4.56. The lowest BCUT2D eigenvalue weighted by Gasteiger charge is -2.07. The van der Waals surface area contributed by atoms with Gasteiger partial charge in [-0.15, -0.1) is 0 Å². The zero-order chi connectivity index (χ0) is 12.8. The van der Waals surface area contributed by atoms with E-state index in [1.54, 1.807) is 18.2 Å². The summed E-state index contributed by atoms with van der Waals surface area (Å²) in [6.45, 7) is 0.141. The quantitative estimate of drug-likeness (QED) is 0.841. The second kappa shape index (κ2) is 3.95. The van der Waals surface area contributed by atoms with Gasteiger partial charge >= 0.3 is 0 Å². The number of sulfone groups is 1. The Bertz CT molecular complexity index is 546. The molecule has 0 spiro atoms. The molecular formula is C11H15ClN2O2S. The Balaban J connectivity index is 2.41. The number of nitrogens with two attached hydrogens (primary N) is 2. The van der Waals surface area contributed by atoms with Crippen LogP contribution < -0.4 is 11.5 Å². The molecule has 6 heteroatoms. The molecule has 2 rings (SSSR count). The van der Waals surface area contributed by atoms with Crippen molar-refractivity contribution < 1.29 is 8.42 Å². The Morgan fingerprint density at radius 2 is 2.12 bits per heavy atom. The first kappa shape index (κ1) is 12.8. The molecule has 1 aromatic rings. The van der Waals surface area contributed by atoms with Gasteiger partial charge < -0.3 is 11.5 Å². The van der Waals surface area contributed by atoms with Crippen molar-refractivity contribution in [3.8, 4) is 0 Å². The molecule has 0 heterocycles. The molecule has 1 aliphatic rings. The lowest BCUT2D eigenvalue weighted by Crippen LogP contribution is -2.38. The summed E-state index contributed by atoms with van der Waals surface area (Å²) in [4.78, 5) is 0. The van der Waals surface area contributed by atoms with E-state index in [4.69, 9.17) is 23.1 Å². The first-order valence-corrected chi connectivity index (χ1v) is 7.57. The minimum Gasteiger partial charge on any atom is -0.329 e. The van der Waals surface area contributed by atoms with Crippen LogP contribution in [0.1, 0.15) is 11.5 Å². The highest BCUT2D eigenvalue weighted by Gasteiger charge is 2.67. The third-order valence-corrected chi connectivity index (χ3v) is 5.19. The van der Waals surface area contributed by atoms with Crippen LogP contribution in [0.2, 0.25) is 5.02 Å². The Hall–Kier alpha value is -0.620. The summed E-state index contributed by atoms with van der Waals surface area (Å²) >= 11 is 5.89. The van der Waals surface area contributed by atoms with E-state index in [2.05, 4.69) is 0 Å². The van der Waals surface area contributed by atoms with Gasteiger partial charge in [-0.25, -0.2) is 8.42 Å². The SMILES string of the molecule is CS(=O)(=O)[C@@H]1[C@H](c2cccc(Cl)c2)[C@]1(N)CN. The highest BCUT2D eigenvalue weighted by atomic mass is 35.5. The summed E-state index contributed by atoms with van der Waals surface area (Å²) in [6.07, 6.45) is 1.19. The molecule has 0 aliphatic heterocycles.